The second-order valence-electron chi connectivity index (χ2n) is 5.42. The van der Waals surface area contributed by atoms with Gasteiger partial charge in [-0.05, 0) is 48.4 Å². The minimum atomic E-state index is 0.529. The number of hydrogen-bond acceptors (Lipinski definition) is 3. The molecule has 3 nitrogen and oxygen atoms in total. The van der Waals surface area contributed by atoms with E-state index in [1.807, 2.05) is 30.3 Å². The van der Waals surface area contributed by atoms with E-state index in [-0.39, 0.29) is 0 Å². The molecule has 0 spiro atoms. The molecule has 21 heavy (non-hydrogen) atoms. The molecule has 0 bridgehead atoms. The first-order valence-electron chi connectivity index (χ1n) is 7.16. The molecule has 2 aromatic rings. The first-order chi connectivity index (χ1) is 10.1. The van der Waals surface area contributed by atoms with Crippen LogP contribution in [-0.2, 0) is 13.2 Å². The van der Waals surface area contributed by atoms with Gasteiger partial charge in [0, 0.05) is 29.5 Å². The van der Waals surface area contributed by atoms with Crippen LogP contribution in [-0.4, -0.2) is 11.5 Å². The second-order valence-corrected chi connectivity index (χ2v) is 5.86. The van der Waals surface area contributed by atoms with Crippen LogP contribution in [0.3, 0.4) is 0 Å². The van der Waals surface area contributed by atoms with E-state index in [9.17, 15) is 0 Å². The van der Waals surface area contributed by atoms with E-state index in [0.29, 0.717) is 12.5 Å². The van der Waals surface area contributed by atoms with Crippen molar-refractivity contribution < 1.29 is 4.74 Å². The summed E-state index contributed by atoms with van der Waals surface area (Å²) in [6.45, 7) is 6.62. The normalized spacial score (nSPS) is 10.9. The molecule has 4 heteroatoms. The number of nitrogens with zero attached hydrogens (tertiary/aromatic N) is 1. The standard InChI is InChI=1S/C17H21ClN2O/c1-13(2)10-20-11-15-9-16(18)3-4-17(15)21-12-14-5-7-19-8-6-14/h3-9,13,20H,10-12H2,1-2H3. The maximum atomic E-state index is 6.08. The highest BCUT2D eigenvalue weighted by Crippen LogP contribution is 2.23. The van der Waals surface area contributed by atoms with Crippen molar-refractivity contribution in [2.45, 2.75) is 27.0 Å². The van der Waals surface area contributed by atoms with Crippen molar-refractivity contribution in [1.29, 1.82) is 0 Å². The van der Waals surface area contributed by atoms with E-state index < -0.39 is 0 Å². The number of nitrogens with one attached hydrogen (secondary N) is 1. The monoisotopic (exact) mass is 304 g/mol. The maximum Gasteiger partial charge on any atom is 0.124 e. The van der Waals surface area contributed by atoms with Gasteiger partial charge in [-0.2, -0.15) is 0 Å². The van der Waals surface area contributed by atoms with Crippen molar-refractivity contribution in [1.82, 2.24) is 10.3 Å². The van der Waals surface area contributed by atoms with Crippen LogP contribution in [0.5, 0.6) is 5.75 Å². The summed E-state index contributed by atoms with van der Waals surface area (Å²) >= 11 is 6.08. The third-order valence-corrected chi connectivity index (χ3v) is 3.27. The number of benzene rings is 1. The van der Waals surface area contributed by atoms with Gasteiger partial charge in [0.15, 0.2) is 0 Å². The quantitative estimate of drug-likeness (QED) is 0.837. The molecule has 0 aliphatic rings. The smallest absolute Gasteiger partial charge is 0.124 e. The third kappa shape index (κ3) is 5.37. The SMILES string of the molecule is CC(C)CNCc1cc(Cl)ccc1OCc1ccncc1. The molecule has 0 aliphatic carbocycles. The molecule has 0 atom stereocenters. The Balaban J connectivity index is 2.00. The summed E-state index contributed by atoms with van der Waals surface area (Å²) in [5, 5.41) is 4.15. The predicted molar refractivity (Wildman–Crippen MR) is 86.6 cm³/mol. The van der Waals surface area contributed by atoms with Crippen molar-refractivity contribution >= 4 is 11.6 Å². The number of pyridine rings is 1. The van der Waals surface area contributed by atoms with Crippen molar-refractivity contribution in [3.05, 3.63) is 58.9 Å². The van der Waals surface area contributed by atoms with Crippen LogP contribution in [0.2, 0.25) is 5.02 Å². The van der Waals surface area contributed by atoms with Crippen LogP contribution in [0.15, 0.2) is 42.7 Å². The molecule has 0 radical (unpaired) electrons. The summed E-state index contributed by atoms with van der Waals surface area (Å²) in [4.78, 5) is 4.00. The Bertz CT molecular complexity index is 558. The zero-order valence-electron chi connectivity index (χ0n) is 12.5. The number of hydrogen-bond donors (Lipinski definition) is 1. The minimum absolute atomic E-state index is 0.529. The molecule has 1 aromatic carbocycles. The van der Waals surface area contributed by atoms with Crippen molar-refractivity contribution in [3.8, 4) is 5.75 Å². The highest BCUT2D eigenvalue weighted by molar-refractivity contribution is 6.30. The Morgan fingerprint density at radius 2 is 1.95 bits per heavy atom. The van der Waals surface area contributed by atoms with Crippen LogP contribution >= 0.6 is 11.6 Å². The highest BCUT2D eigenvalue weighted by atomic mass is 35.5. The van der Waals surface area contributed by atoms with Crippen LogP contribution in [0.4, 0.5) is 0 Å². The molecule has 0 fully saturated rings. The van der Waals surface area contributed by atoms with E-state index in [1.165, 1.54) is 0 Å². The van der Waals surface area contributed by atoms with Gasteiger partial charge in [-0.1, -0.05) is 25.4 Å². The van der Waals surface area contributed by atoms with Crippen molar-refractivity contribution in [2.75, 3.05) is 6.54 Å². The molecule has 0 unspecified atom stereocenters. The van der Waals surface area contributed by atoms with Gasteiger partial charge in [-0.3, -0.25) is 4.98 Å². The lowest BCUT2D eigenvalue weighted by atomic mass is 10.1. The number of ether oxygens (including phenoxy) is 1. The fourth-order valence-electron chi connectivity index (χ4n) is 1.96. The summed E-state index contributed by atoms with van der Waals surface area (Å²) in [5.74, 6) is 1.48. The first-order valence-corrected chi connectivity index (χ1v) is 7.54. The van der Waals surface area contributed by atoms with Gasteiger partial charge < -0.3 is 10.1 Å². The van der Waals surface area contributed by atoms with Crippen molar-refractivity contribution in [2.24, 2.45) is 5.92 Å². The van der Waals surface area contributed by atoms with Gasteiger partial charge >= 0.3 is 0 Å². The predicted octanol–water partition coefficient (Wildman–Crippen LogP) is 4.06. The zero-order valence-corrected chi connectivity index (χ0v) is 13.2. The summed E-state index contributed by atoms with van der Waals surface area (Å²) in [6.07, 6.45) is 3.54. The largest absolute Gasteiger partial charge is 0.489 e. The van der Waals surface area contributed by atoms with E-state index >= 15 is 0 Å². The molecule has 0 saturated carbocycles. The number of aromatic nitrogens is 1. The Morgan fingerprint density at radius 1 is 1.19 bits per heavy atom. The van der Waals surface area contributed by atoms with E-state index in [0.717, 1.165) is 35.0 Å². The molecule has 1 heterocycles. The molecule has 2 rings (SSSR count). The lowest BCUT2D eigenvalue weighted by molar-refractivity contribution is 0.302. The number of rotatable bonds is 7. The Hall–Kier alpha value is -1.58. The van der Waals surface area contributed by atoms with Crippen LogP contribution in [0, 0.1) is 5.92 Å². The lowest BCUT2D eigenvalue weighted by Crippen LogP contribution is -2.19. The fraction of sp³-hybridized carbons (Fsp3) is 0.353. The minimum Gasteiger partial charge on any atom is -0.489 e. The summed E-state index contributed by atoms with van der Waals surface area (Å²) in [7, 11) is 0. The van der Waals surface area contributed by atoms with Gasteiger partial charge in [0.2, 0.25) is 0 Å². The van der Waals surface area contributed by atoms with Gasteiger partial charge in [-0.15, -0.1) is 0 Å². The topological polar surface area (TPSA) is 34.1 Å². The molecule has 112 valence electrons. The summed E-state index contributed by atoms with van der Waals surface area (Å²) in [6, 6.07) is 9.64. The van der Waals surface area contributed by atoms with Crippen LogP contribution in [0.1, 0.15) is 25.0 Å². The van der Waals surface area contributed by atoms with E-state index in [2.05, 4.69) is 24.1 Å². The average Bonchev–Trinajstić information content (AvgIpc) is 2.47. The summed E-state index contributed by atoms with van der Waals surface area (Å²) < 4.78 is 5.91. The van der Waals surface area contributed by atoms with E-state index in [4.69, 9.17) is 16.3 Å². The third-order valence-electron chi connectivity index (χ3n) is 3.03. The second kappa shape index (κ2) is 8.01. The maximum absolute atomic E-state index is 6.08. The molecule has 0 aliphatic heterocycles. The first kappa shape index (κ1) is 15.8. The number of halogens is 1. The van der Waals surface area contributed by atoms with Gasteiger partial charge in [0.05, 0.1) is 0 Å². The Morgan fingerprint density at radius 3 is 2.67 bits per heavy atom. The van der Waals surface area contributed by atoms with Crippen LogP contribution < -0.4 is 10.1 Å². The molecule has 1 aromatic heterocycles. The Labute approximate surface area is 131 Å². The highest BCUT2D eigenvalue weighted by Gasteiger charge is 2.06. The molecule has 1 N–H and O–H groups in total. The zero-order chi connectivity index (χ0) is 15.1. The molecule has 0 amide bonds. The summed E-state index contributed by atoms with van der Waals surface area (Å²) in [5.41, 5.74) is 2.18. The fourth-order valence-corrected chi connectivity index (χ4v) is 2.16. The molecule has 0 saturated heterocycles. The van der Waals surface area contributed by atoms with Gasteiger partial charge in [0.25, 0.3) is 0 Å². The molecular formula is C17H21ClN2O. The van der Waals surface area contributed by atoms with Crippen molar-refractivity contribution in [3.63, 3.8) is 0 Å². The molecular weight excluding hydrogens is 284 g/mol. The Kier molecular flexibility index (Phi) is 6.03. The van der Waals surface area contributed by atoms with E-state index in [1.54, 1.807) is 12.4 Å². The van der Waals surface area contributed by atoms with Gasteiger partial charge in [-0.25, -0.2) is 0 Å². The average molecular weight is 305 g/mol. The van der Waals surface area contributed by atoms with Crippen LogP contribution in [0.25, 0.3) is 0 Å². The lowest BCUT2D eigenvalue weighted by Gasteiger charge is -2.13. The van der Waals surface area contributed by atoms with Gasteiger partial charge in [0.1, 0.15) is 12.4 Å².